The summed E-state index contributed by atoms with van der Waals surface area (Å²) < 4.78 is 62.5. The molecule has 0 atom stereocenters. The molecule has 0 amide bonds. The molecular weight excluding hydrogens is 489 g/mol. The smallest absolute Gasteiger partial charge is 0.453 e. The average Bonchev–Trinajstić information content (AvgIpc) is 2.89. The molecule has 4 rings (SSSR count). The number of carbonyl (C=O) groups is 1. The van der Waals surface area contributed by atoms with Crippen LogP contribution in [0.5, 0.6) is 17.2 Å². The SMILES string of the molecule is C=Cc1ccc(COc2ccc3c(=O)c(Oc4ccc(C(=O)OCC)cc4)c(C(F)(F)F)oc3c2)cc1. The third kappa shape index (κ3) is 5.83. The monoisotopic (exact) mass is 510 g/mol. The number of benzene rings is 3. The molecule has 0 fully saturated rings. The normalized spacial score (nSPS) is 11.2. The molecule has 1 heterocycles. The molecule has 3 aromatic carbocycles. The Bertz CT molecular complexity index is 1490. The van der Waals surface area contributed by atoms with Crippen LogP contribution in [0.2, 0.25) is 0 Å². The molecule has 0 bridgehead atoms. The van der Waals surface area contributed by atoms with Gasteiger partial charge in [0.05, 0.1) is 17.6 Å². The van der Waals surface area contributed by atoms with E-state index in [0.29, 0.717) is 0 Å². The minimum Gasteiger partial charge on any atom is -0.489 e. The summed E-state index contributed by atoms with van der Waals surface area (Å²) in [5.41, 5.74) is 0.640. The molecule has 190 valence electrons. The van der Waals surface area contributed by atoms with Gasteiger partial charge in [0, 0.05) is 6.07 Å². The number of alkyl halides is 3. The largest absolute Gasteiger partial charge is 0.489 e. The number of halogens is 3. The zero-order valence-corrected chi connectivity index (χ0v) is 19.6. The highest BCUT2D eigenvalue weighted by Gasteiger charge is 2.40. The van der Waals surface area contributed by atoms with Crippen molar-refractivity contribution in [2.24, 2.45) is 0 Å². The maximum Gasteiger partial charge on any atom is 0.453 e. The summed E-state index contributed by atoms with van der Waals surface area (Å²) in [6.07, 6.45) is -3.32. The van der Waals surface area contributed by atoms with Gasteiger partial charge in [-0.1, -0.05) is 36.9 Å². The van der Waals surface area contributed by atoms with Crippen LogP contribution in [-0.2, 0) is 17.5 Å². The first-order chi connectivity index (χ1) is 17.7. The second-order valence-electron chi connectivity index (χ2n) is 7.83. The molecule has 0 unspecified atom stereocenters. The topological polar surface area (TPSA) is 75.0 Å². The van der Waals surface area contributed by atoms with E-state index in [1.165, 1.54) is 42.5 Å². The van der Waals surface area contributed by atoms with Crippen LogP contribution in [0.4, 0.5) is 13.2 Å². The van der Waals surface area contributed by atoms with Gasteiger partial charge in [-0.05, 0) is 54.4 Å². The van der Waals surface area contributed by atoms with Crippen LogP contribution in [-0.4, -0.2) is 12.6 Å². The lowest BCUT2D eigenvalue weighted by atomic mass is 10.1. The van der Waals surface area contributed by atoms with Crippen molar-refractivity contribution in [1.82, 2.24) is 0 Å². The minimum atomic E-state index is -5.02. The van der Waals surface area contributed by atoms with E-state index in [2.05, 4.69) is 6.58 Å². The number of rotatable bonds is 8. The summed E-state index contributed by atoms with van der Waals surface area (Å²) in [5.74, 6) is -3.06. The van der Waals surface area contributed by atoms with E-state index in [9.17, 15) is 22.8 Å². The Kier molecular flexibility index (Phi) is 7.33. The molecule has 0 spiro atoms. The van der Waals surface area contributed by atoms with Gasteiger partial charge in [-0.25, -0.2) is 4.79 Å². The van der Waals surface area contributed by atoms with E-state index in [1.807, 2.05) is 24.3 Å². The Hall–Kier alpha value is -4.53. The average molecular weight is 510 g/mol. The molecule has 6 nitrogen and oxygen atoms in total. The standard InChI is InChI=1S/C28H21F3O6/c1-3-17-5-7-18(8-6-17)16-35-21-13-14-22-23(15-21)37-26(28(29,30)31)25(24(22)32)36-20-11-9-19(10-12-20)27(33)34-4-2/h3,5-15H,1,4,16H2,2H3. The lowest BCUT2D eigenvalue weighted by Crippen LogP contribution is -2.15. The van der Waals surface area contributed by atoms with Gasteiger partial charge in [0.15, 0.2) is 0 Å². The maximum atomic E-state index is 13.8. The second-order valence-corrected chi connectivity index (χ2v) is 7.83. The first-order valence-corrected chi connectivity index (χ1v) is 11.2. The molecule has 0 saturated heterocycles. The van der Waals surface area contributed by atoms with Crippen LogP contribution in [0.25, 0.3) is 17.0 Å². The summed E-state index contributed by atoms with van der Waals surface area (Å²) in [5, 5.41) is -0.117. The Labute approximate surface area is 209 Å². The first kappa shape index (κ1) is 25.6. The van der Waals surface area contributed by atoms with Gasteiger partial charge in [0.1, 0.15) is 23.7 Å². The van der Waals surface area contributed by atoms with Crippen molar-refractivity contribution in [2.45, 2.75) is 19.7 Å². The zero-order valence-electron chi connectivity index (χ0n) is 19.6. The second kappa shape index (κ2) is 10.6. The Balaban J connectivity index is 1.64. The van der Waals surface area contributed by atoms with Crippen LogP contribution in [0.15, 0.2) is 82.5 Å². The van der Waals surface area contributed by atoms with Gasteiger partial charge in [-0.15, -0.1) is 0 Å². The highest BCUT2D eigenvalue weighted by Crippen LogP contribution is 2.38. The predicted octanol–water partition coefficient (Wildman–Crippen LogP) is 7.00. The first-order valence-electron chi connectivity index (χ1n) is 11.2. The fourth-order valence-electron chi connectivity index (χ4n) is 3.43. The van der Waals surface area contributed by atoms with E-state index >= 15 is 0 Å². The van der Waals surface area contributed by atoms with E-state index < -0.39 is 29.1 Å². The van der Waals surface area contributed by atoms with Gasteiger partial charge in [0.2, 0.25) is 11.2 Å². The quantitative estimate of drug-likeness (QED) is 0.238. The Morgan fingerprint density at radius 2 is 1.68 bits per heavy atom. The van der Waals surface area contributed by atoms with Crippen molar-refractivity contribution in [1.29, 1.82) is 0 Å². The van der Waals surface area contributed by atoms with Gasteiger partial charge < -0.3 is 18.6 Å². The fourth-order valence-corrected chi connectivity index (χ4v) is 3.43. The van der Waals surface area contributed by atoms with Gasteiger partial charge in [0.25, 0.3) is 5.76 Å². The van der Waals surface area contributed by atoms with Gasteiger partial charge in [-0.2, -0.15) is 13.2 Å². The maximum absolute atomic E-state index is 13.8. The molecule has 0 saturated carbocycles. The van der Waals surface area contributed by atoms with Crippen molar-refractivity contribution in [3.63, 3.8) is 0 Å². The third-order valence-electron chi connectivity index (χ3n) is 5.29. The predicted molar refractivity (Wildman–Crippen MR) is 131 cm³/mol. The van der Waals surface area contributed by atoms with Gasteiger partial charge >= 0.3 is 12.1 Å². The molecule has 0 aliphatic heterocycles. The molecule has 0 radical (unpaired) electrons. The number of fused-ring (bicyclic) bond motifs is 1. The van der Waals surface area contributed by atoms with Crippen molar-refractivity contribution in [3.8, 4) is 17.2 Å². The number of ether oxygens (including phenoxy) is 3. The summed E-state index contributed by atoms with van der Waals surface area (Å²) in [6.45, 7) is 5.65. The molecule has 0 aliphatic rings. The highest BCUT2D eigenvalue weighted by molar-refractivity contribution is 5.89. The molecule has 0 aliphatic carbocycles. The van der Waals surface area contributed by atoms with Crippen molar-refractivity contribution in [3.05, 3.63) is 106 Å². The number of hydrogen-bond donors (Lipinski definition) is 0. The lowest BCUT2D eigenvalue weighted by Gasteiger charge is -2.14. The number of esters is 1. The Morgan fingerprint density at radius 3 is 2.30 bits per heavy atom. The molecule has 1 aromatic heterocycles. The van der Waals surface area contributed by atoms with E-state index in [-0.39, 0.29) is 41.2 Å². The van der Waals surface area contributed by atoms with Gasteiger partial charge in [-0.3, -0.25) is 4.79 Å². The van der Waals surface area contributed by atoms with Crippen molar-refractivity contribution < 1.29 is 36.6 Å². The lowest BCUT2D eigenvalue weighted by molar-refractivity contribution is -0.154. The molecule has 4 aromatic rings. The third-order valence-corrected chi connectivity index (χ3v) is 5.29. The van der Waals surface area contributed by atoms with Crippen LogP contribution in [0.3, 0.4) is 0 Å². The molecule has 9 heteroatoms. The summed E-state index contributed by atoms with van der Waals surface area (Å²) in [4.78, 5) is 24.8. The minimum absolute atomic E-state index is 0.0902. The van der Waals surface area contributed by atoms with Crippen LogP contribution < -0.4 is 14.9 Å². The van der Waals surface area contributed by atoms with E-state index in [0.717, 1.165) is 11.1 Å². The van der Waals surface area contributed by atoms with Crippen LogP contribution in [0.1, 0.15) is 34.2 Å². The Morgan fingerprint density at radius 1 is 1.00 bits per heavy atom. The number of hydrogen-bond acceptors (Lipinski definition) is 6. The number of carbonyl (C=O) groups excluding carboxylic acids is 1. The summed E-state index contributed by atoms with van der Waals surface area (Å²) >= 11 is 0. The van der Waals surface area contributed by atoms with Crippen molar-refractivity contribution in [2.75, 3.05) is 6.61 Å². The molecule has 37 heavy (non-hydrogen) atoms. The van der Waals surface area contributed by atoms with Crippen LogP contribution >= 0.6 is 0 Å². The zero-order chi connectivity index (χ0) is 26.6. The van der Waals surface area contributed by atoms with Crippen molar-refractivity contribution >= 4 is 23.0 Å². The summed E-state index contributed by atoms with van der Waals surface area (Å²) in [7, 11) is 0. The molecular formula is C28H21F3O6. The van der Waals surface area contributed by atoms with E-state index in [1.54, 1.807) is 13.0 Å². The van der Waals surface area contributed by atoms with Crippen LogP contribution in [0, 0.1) is 0 Å². The van der Waals surface area contributed by atoms with E-state index in [4.69, 9.17) is 18.6 Å². The summed E-state index contributed by atoms with van der Waals surface area (Å²) in [6, 6.07) is 16.5. The highest BCUT2D eigenvalue weighted by atomic mass is 19.4. The molecule has 0 N–H and O–H groups in total. The fraction of sp³-hybridized carbons (Fsp3) is 0.143.